The quantitative estimate of drug-likeness (QED) is 0.0548. The highest BCUT2D eigenvalue weighted by Gasteiger charge is 2.03. The van der Waals surface area contributed by atoms with Crippen molar-refractivity contribution in [2.75, 3.05) is 26.3 Å². The Morgan fingerprint density at radius 3 is 1.18 bits per heavy atom. The monoisotopic (exact) mass is 643 g/mol. The third-order valence-corrected chi connectivity index (χ3v) is 7.98. The molecule has 0 aromatic carbocycles. The van der Waals surface area contributed by atoms with Gasteiger partial charge in [-0.1, -0.05) is 136 Å². The number of unbranched alkanes of at least 4 members (excludes halogenated alkanes) is 22. The molecular formula is C37H74N2O6. The van der Waals surface area contributed by atoms with Crippen LogP contribution in [0.5, 0.6) is 0 Å². The van der Waals surface area contributed by atoms with Gasteiger partial charge in [-0.05, 0) is 44.9 Å². The molecule has 0 aliphatic heterocycles. The van der Waals surface area contributed by atoms with Gasteiger partial charge in [0.2, 0.25) is 0 Å². The van der Waals surface area contributed by atoms with Gasteiger partial charge in [-0.15, -0.1) is 0 Å². The van der Waals surface area contributed by atoms with Gasteiger partial charge in [-0.25, -0.2) is 0 Å². The lowest BCUT2D eigenvalue weighted by molar-refractivity contribution is -0.368. The molecule has 0 aliphatic carbocycles. The largest absolute Gasteiger partial charge is 0.530 e. The van der Waals surface area contributed by atoms with Crippen LogP contribution in [0.25, 0.3) is 0 Å². The Morgan fingerprint density at radius 2 is 0.822 bits per heavy atom. The summed E-state index contributed by atoms with van der Waals surface area (Å²) in [4.78, 5) is 33.1. The summed E-state index contributed by atoms with van der Waals surface area (Å²) < 4.78 is 10.4. The molecule has 268 valence electrons. The van der Waals surface area contributed by atoms with E-state index in [1.165, 1.54) is 109 Å². The molecule has 45 heavy (non-hydrogen) atoms. The molecule has 0 atom stereocenters. The standard InChI is InChI=1S/C19H37NO4.C18H37NO2/c1-2-3-4-5-6-7-8-9-10-14-17-24-18(21)15-12-11-13-16-20-19(22)23;1-2-3-4-5-6-7-8-9-10-14-17-21-18(20)15-12-11-13-16-19/h20H,2-17H2,1H3,(H,22,23);2-17,19H2,1H3. The highest BCUT2D eigenvalue weighted by Crippen LogP contribution is 2.12. The molecule has 0 rings (SSSR count). The zero-order valence-corrected chi connectivity index (χ0v) is 29.8. The molecule has 8 heteroatoms. The van der Waals surface area contributed by atoms with Crippen molar-refractivity contribution in [3.05, 3.63) is 0 Å². The summed E-state index contributed by atoms with van der Waals surface area (Å²) in [6.07, 6.45) is 31.0. The minimum atomic E-state index is -1.24. The molecule has 0 unspecified atom stereocenters. The number of carboxylic acid groups (broad SMARTS) is 1. The molecule has 0 spiro atoms. The molecule has 8 nitrogen and oxygen atoms in total. The van der Waals surface area contributed by atoms with Crippen molar-refractivity contribution in [3.8, 4) is 0 Å². The minimum absolute atomic E-state index is 0.0185. The molecule has 1 amide bonds. The number of quaternary nitrogens is 1. The molecular weight excluding hydrogens is 568 g/mol. The van der Waals surface area contributed by atoms with Gasteiger partial charge in [0.1, 0.15) is 6.09 Å². The minimum Gasteiger partial charge on any atom is -0.530 e. The maximum Gasteiger partial charge on any atom is 0.305 e. The van der Waals surface area contributed by atoms with Gasteiger partial charge in [-0.3, -0.25) is 9.59 Å². The maximum atomic E-state index is 11.5. The van der Waals surface area contributed by atoms with Crippen LogP contribution in [0.3, 0.4) is 0 Å². The Kier molecular flexibility index (Phi) is 40.5. The average molecular weight is 643 g/mol. The first-order chi connectivity index (χ1) is 22.0. The van der Waals surface area contributed by atoms with Crippen LogP contribution in [0, 0.1) is 0 Å². The Morgan fingerprint density at radius 1 is 0.489 bits per heavy atom. The van der Waals surface area contributed by atoms with Gasteiger partial charge < -0.3 is 30.4 Å². The number of amides is 1. The van der Waals surface area contributed by atoms with Crippen molar-refractivity contribution in [3.63, 3.8) is 0 Å². The van der Waals surface area contributed by atoms with Crippen molar-refractivity contribution in [1.82, 2.24) is 5.32 Å². The normalized spacial score (nSPS) is 10.6. The third kappa shape index (κ3) is 44.4. The lowest BCUT2D eigenvalue weighted by Crippen LogP contribution is -2.50. The van der Waals surface area contributed by atoms with Crippen molar-refractivity contribution in [1.29, 1.82) is 0 Å². The fourth-order valence-electron chi connectivity index (χ4n) is 5.08. The summed E-state index contributed by atoms with van der Waals surface area (Å²) >= 11 is 0. The second-order valence-corrected chi connectivity index (χ2v) is 12.5. The molecule has 0 saturated heterocycles. The molecule has 0 radical (unpaired) electrons. The van der Waals surface area contributed by atoms with Gasteiger partial charge >= 0.3 is 11.9 Å². The Labute approximate surface area is 277 Å². The van der Waals surface area contributed by atoms with Crippen molar-refractivity contribution in [2.45, 2.75) is 194 Å². The van der Waals surface area contributed by atoms with E-state index in [9.17, 15) is 19.5 Å². The van der Waals surface area contributed by atoms with E-state index in [-0.39, 0.29) is 11.9 Å². The average Bonchev–Trinajstić information content (AvgIpc) is 3.02. The van der Waals surface area contributed by atoms with Crippen LogP contribution in [-0.4, -0.2) is 44.3 Å². The number of esters is 2. The first kappa shape index (κ1) is 45.3. The smallest absolute Gasteiger partial charge is 0.305 e. The number of rotatable bonds is 33. The first-order valence-electron chi connectivity index (χ1n) is 19.0. The summed E-state index contributed by atoms with van der Waals surface area (Å²) in [5.74, 6) is -0.159. The molecule has 4 N–H and O–H groups in total. The summed E-state index contributed by atoms with van der Waals surface area (Å²) in [7, 11) is 0. The van der Waals surface area contributed by atoms with E-state index in [2.05, 4.69) is 24.9 Å². The Bertz CT molecular complexity index is 632. The molecule has 0 bridgehead atoms. The predicted molar refractivity (Wildman–Crippen MR) is 184 cm³/mol. The lowest BCUT2D eigenvalue weighted by atomic mass is 10.1. The molecule has 0 saturated carbocycles. The van der Waals surface area contributed by atoms with Crippen molar-refractivity contribution < 1.29 is 34.7 Å². The summed E-state index contributed by atoms with van der Waals surface area (Å²) in [6.45, 7) is 7.00. The number of hydrogen-bond acceptors (Lipinski definition) is 6. The van der Waals surface area contributed by atoms with Crippen LogP contribution in [-0.2, 0) is 19.1 Å². The van der Waals surface area contributed by atoms with E-state index < -0.39 is 6.09 Å². The maximum absolute atomic E-state index is 11.5. The topological polar surface area (TPSA) is 132 Å². The van der Waals surface area contributed by atoms with Crippen LogP contribution < -0.4 is 16.2 Å². The van der Waals surface area contributed by atoms with E-state index in [4.69, 9.17) is 9.47 Å². The SMILES string of the molecule is CCCCCCCCCCCCOC(=O)CCCCCNC(=O)[O-].CCCCCCCCCCCCOC(=O)CCCCC[NH3+]. The molecule has 0 fully saturated rings. The van der Waals surface area contributed by atoms with E-state index >= 15 is 0 Å². The van der Waals surface area contributed by atoms with Crippen LogP contribution in [0.15, 0.2) is 0 Å². The number of carbonyl (C=O) groups excluding carboxylic acids is 3. The first-order valence-corrected chi connectivity index (χ1v) is 19.0. The highest BCUT2D eigenvalue weighted by molar-refractivity contribution is 5.69. The van der Waals surface area contributed by atoms with Gasteiger partial charge in [0, 0.05) is 19.4 Å². The number of nitrogens with one attached hydrogen (secondary N) is 1. The Balaban J connectivity index is 0. The van der Waals surface area contributed by atoms with Crippen molar-refractivity contribution in [2.24, 2.45) is 0 Å². The predicted octanol–water partition coefficient (Wildman–Crippen LogP) is 8.20. The molecule has 0 aliphatic rings. The van der Waals surface area contributed by atoms with Gasteiger partial charge in [0.25, 0.3) is 0 Å². The van der Waals surface area contributed by atoms with E-state index in [1.54, 1.807) is 0 Å². The summed E-state index contributed by atoms with van der Waals surface area (Å²) in [6, 6.07) is 0. The van der Waals surface area contributed by atoms with Gasteiger partial charge in [0.05, 0.1) is 19.8 Å². The van der Waals surface area contributed by atoms with Crippen LogP contribution in [0.4, 0.5) is 4.79 Å². The van der Waals surface area contributed by atoms with Crippen LogP contribution >= 0.6 is 0 Å². The van der Waals surface area contributed by atoms with Crippen molar-refractivity contribution >= 4 is 18.0 Å². The van der Waals surface area contributed by atoms with E-state index in [0.29, 0.717) is 32.6 Å². The molecule has 0 heterocycles. The van der Waals surface area contributed by atoms with Gasteiger partial charge in [0.15, 0.2) is 0 Å². The van der Waals surface area contributed by atoms with Crippen LogP contribution in [0.2, 0.25) is 0 Å². The zero-order chi connectivity index (χ0) is 33.5. The highest BCUT2D eigenvalue weighted by atomic mass is 16.5. The second kappa shape index (κ2) is 40.2. The number of carbonyl (C=O) groups is 3. The zero-order valence-electron chi connectivity index (χ0n) is 29.8. The Hall–Kier alpha value is -1.83. The molecule has 0 aromatic rings. The fourth-order valence-corrected chi connectivity index (χ4v) is 5.08. The lowest BCUT2D eigenvalue weighted by Gasteiger charge is -2.06. The van der Waals surface area contributed by atoms with Crippen LogP contribution in [0.1, 0.15) is 194 Å². The van der Waals surface area contributed by atoms with Gasteiger partial charge in [-0.2, -0.15) is 0 Å². The number of ether oxygens (including phenoxy) is 2. The second-order valence-electron chi connectivity index (χ2n) is 12.5. The summed E-state index contributed by atoms with van der Waals surface area (Å²) in [5, 5.41) is 12.3. The van der Waals surface area contributed by atoms with E-state index in [0.717, 1.165) is 64.3 Å². The third-order valence-electron chi connectivity index (χ3n) is 7.98. The number of hydrogen-bond donors (Lipinski definition) is 2. The summed E-state index contributed by atoms with van der Waals surface area (Å²) in [5.41, 5.74) is 3.80. The molecule has 0 aromatic heterocycles. The van der Waals surface area contributed by atoms with E-state index in [1.807, 2.05) is 0 Å². The fraction of sp³-hybridized carbons (Fsp3) is 0.919.